The predicted octanol–water partition coefficient (Wildman–Crippen LogP) is 1.85. The first-order valence-electron chi connectivity index (χ1n) is 5.36. The Morgan fingerprint density at radius 3 is 2.60 bits per heavy atom. The van der Waals surface area contributed by atoms with Crippen LogP contribution in [0.2, 0.25) is 5.02 Å². The summed E-state index contributed by atoms with van der Waals surface area (Å²) in [7, 11) is 2.34. The number of rotatable bonds is 4. The van der Waals surface area contributed by atoms with Crippen LogP contribution in [0.15, 0.2) is 30.0 Å². The molecule has 20 heavy (non-hydrogen) atoms. The Labute approximate surface area is 120 Å². The van der Waals surface area contributed by atoms with Crippen LogP contribution in [0.3, 0.4) is 0 Å². The fourth-order valence-electron chi connectivity index (χ4n) is 1.30. The standard InChI is InChI=1S/C13H11ClN2O4/c1-19-12(17)6-11(13(18)20-2)16-10-5-9(14)4-3-8(10)7-15/h3-6,16H,1-2H3/b11-6+. The van der Waals surface area contributed by atoms with E-state index in [4.69, 9.17) is 16.9 Å². The zero-order valence-electron chi connectivity index (χ0n) is 10.8. The zero-order valence-corrected chi connectivity index (χ0v) is 11.5. The molecule has 0 heterocycles. The van der Waals surface area contributed by atoms with Gasteiger partial charge in [0, 0.05) is 5.02 Å². The normalized spacial score (nSPS) is 10.4. The largest absolute Gasteiger partial charge is 0.466 e. The maximum Gasteiger partial charge on any atom is 0.354 e. The van der Waals surface area contributed by atoms with Crippen LogP contribution in [0, 0.1) is 11.3 Å². The highest BCUT2D eigenvalue weighted by Crippen LogP contribution is 2.22. The molecule has 0 aliphatic rings. The van der Waals surface area contributed by atoms with E-state index < -0.39 is 11.9 Å². The summed E-state index contributed by atoms with van der Waals surface area (Å²) in [5.41, 5.74) is 0.368. The van der Waals surface area contributed by atoms with E-state index in [1.54, 1.807) is 0 Å². The van der Waals surface area contributed by atoms with Crippen molar-refractivity contribution in [1.82, 2.24) is 0 Å². The number of carbonyl (C=O) groups excluding carboxylic acids is 2. The van der Waals surface area contributed by atoms with Crippen molar-refractivity contribution in [1.29, 1.82) is 5.26 Å². The predicted molar refractivity (Wildman–Crippen MR) is 71.9 cm³/mol. The van der Waals surface area contributed by atoms with Crippen molar-refractivity contribution in [3.63, 3.8) is 0 Å². The van der Waals surface area contributed by atoms with Crippen LogP contribution in [0.1, 0.15) is 5.56 Å². The second-order valence-corrected chi connectivity index (χ2v) is 3.94. The summed E-state index contributed by atoms with van der Waals surface area (Å²) in [5, 5.41) is 12.0. The van der Waals surface area contributed by atoms with Gasteiger partial charge in [0.25, 0.3) is 0 Å². The molecule has 104 valence electrons. The van der Waals surface area contributed by atoms with Crippen LogP contribution in [-0.2, 0) is 19.1 Å². The number of hydrogen-bond acceptors (Lipinski definition) is 6. The van der Waals surface area contributed by atoms with Crippen molar-refractivity contribution in [3.05, 3.63) is 40.6 Å². The lowest BCUT2D eigenvalue weighted by Crippen LogP contribution is -2.16. The maximum atomic E-state index is 11.6. The third-order valence-electron chi connectivity index (χ3n) is 2.24. The van der Waals surface area contributed by atoms with Gasteiger partial charge in [-0.1, -0.05) is 11.6 Å². The fourth-order valence-corrected chi connectivity index (χ4v) is 1.47. The van der Waals surface area contributed by atoms with Crippen molar-refractivity contribution >= 4 is 29.2 Å². The average molecular weight is 295 g/mol. The summed E-state index contributed by atoms with van der Waals surface area (Å²) in [6.45, 7) is 0. The van der Waals surface area contributed by atoms with Gasteiger partial charge in [-0.25, -0.2) is 9.59 Å². The minimum Gasteiger partial charge on any atom is -0.466 e. The number of nitrogens with zero attached hydrogens (tertiary/aromatic N) is 1. The molecular formula is C13H11ClN2O4. The third kappa shape index (κ3) is 4.00. The average Bonchev–Trinajstić information content (AvgIpc) is 2.45. The van der Waals surface area contributed by atoms with E-state index in [1.165, 1.54) is 25.3 Å². The van der Waals surface area contributed by atoms with Crippen molar-refractivity contribution in [2.24, 2.45) is 0 Å². The van der Waals surface area contributed by atoms with Crippen LogP contribution >= 0.6 is 11.6 Å². The quantitative estimate of drug-likeness (QED) is 0.673. The van der Waals surface area contributed by atoms with Gasteiger partial charge in [-0.2, -0.15) is 5.26 Å². The molecule has 7 heteroatoms. The second kappa shape index (κ2) is 7.16. The summed E-state index contributed by atoms with van der Waals surface area (Å²) >= 11 is 5.83. The summed E-state index contributed by atoms with van der Waals surface area (Å²) in [6, 6.07) is 6.41. The Hall–Kier alpha value is -2.52. The maximum absolute atomic E-state index is 11.6. The van der Waals surface area contributed by atoms with Crippen molar-refractivity contribution in [2.75, 3.05) is 19.5 Å². The first kappa shape index (κ1) is 15.5. The van der Waals surface area contributed by atoms with Gasteiger partial charge in [-0.3, -0.25) is 0 Å². The van der Waals surface area contributed by atoms with Crippen LogP contribution < -0.4 is 5.32 Å². The number of methoxy groups -OCH3 is 2. The molecule has 0 aliphatic heterocycles. The molecule has 0 saturated heterocycles. The molecule has 0 bridgehead atoms. The minimum absolute atomic E-state index is 0.168. The molecule has 0 aromatic heterocycles. The van der Waals surface area contributed by atoms with Crippen LogP contribution in [0.25, 0.3) is 0 Å². The first-order chi connectivity index (χ1) is 9.51. The molecule has 0 fully saturated rings. The first-order valence-corrected chi connectivity index (χ1v) is 5.74. The molecular weight excluding hydrogens is 284 g/mol. The monoisotopic (exact) mass is 294 g/mol. The Kier molecular flexibility index (Phi) is 5.56. The number of carbonyl (C=O) groups is 2. The smallest absolute Gasteiger partial charge is 0.354 e. The molecule has 0 saturated carbocycles. The van der Waals surface area contributed by atoms with Crippen molar-refractivity contribution in [2.45, 2.75) is 0 Å². The molecule has 0 amide bonds. The van der Waals surface area contributed by atoms with E-state index in [0.29, 0.717) is 5.02 Å². The zero-order chi connectivity index (χ0) is 15.1. The minimum atomic E-state index is -0.778. The van der Waals surface area contributed by atoms with Crippen LogP contribution in [-0.4, -0.2) is 26.2 Å². The summed E-state index contributed by atoms with van der Waals surface area (Å²) in [4.78, 5) is 22.8. The van der Waals surface area contributed by atoms with Gasteiger partial charge in [0.2, 0.25) is 0 Å². The Morgan fingerprint density at radius 1 is 1.35 bits per heavy atom. The van der Waals surface area contributed by atoms with Crippen LogP contribution in [0.4, 0.5) is 5.69 Å². The van der Waals surface area contributed by atoms with E-state index in [-0.39, 0.29) is 16.9 Å². The number of halogens is 1. The van der Waals surface area contributed by atoms with E-state index >= 15 is 0 Å². The highest BCUT2D eigenvalue weighted by atomic mass is 35.5. The van der Waals surface area contributed by atoms with E-state index in [0.717, 1.165) is 13.2 Å². The topological polar surface area (TPSA) is 88.4 Å². The Bertz CT molecular complexity index is 605. The van der Waals surface area contributed by atoms with Gasteiger partial charge in [0.1, 0.15) is 11.8 Å². The molecule has 1 N–H and O–H groups in total. The molecule has 0 spiro atoms. The summed E-state index contributed by atoms with van der Waals surface area (Å²) in [6.07, 6.45) is 0.924. The Balaban J connectivity index is 3.17. The van der Waals surface area contributed by atoms with Gasteiger partial charge in [-0.15, -0.1) is 0 Å². The number of anilines is 1. The molecule has 1 aromatic rings. The number of ether oxygens (including phenoxy) is 2. The molecule has 1 aromatic carbocycles. The highest BCUT2D eigenvalue weighted by molar-refractivity contribution is 6.31. The number of nitrogens with one attached hydrogen (secondary N) is 1. The summed E-state index contributed by atoms with van der Waals surface area (Å²) < 4.78 is 8.98. The van der Waals surface area contributed by atoms with Gasteiger partial charge in [-0.05, 0) is 18.2 Å². The SMILES string of the molecule is COC(=O)/C=C(/Nc1cc(Cl)ccc1C#N)C(=O)OC. The lowest BCUT2D eigenvalue weighted by Gasteiger charge is -2.10. The lowest BCUT2D eigenvalue weighted by atomic mass is 10.2. The third-order valence-corrected chi connectivity index (χ3v) is 2.48. The van der Waals surface area contributed by atoms with Gasteiger partial charge in [0.15, 0.2) is 0 Å². The van der Waals surface area contributed by atoms with E-state index in [9.17, 15) is 9.59 Å². The molecule has 0 unspecified atom stereocenters. The van der Waals surface area contributed by atoms with Crippen LogP contribution in [0.5, 0.6) is 0 Å². The van der Waals surface area contributed by atoms with E-state index in [2.05, 4.69) is 14.8 Å². The molecule has 0 atom stereocenters. The summed E-state index contributed by atoms with van der Waals surface area (Å²) in [5.74, 6) is -1.52. The molecule has 0 aliphatic carbocycles. The van der Waals surface area contributed by atoms with Crippen molar-refractivity contribution in [3.8, 4) is 6.07 Å². The van der Waals surface area contributed by atoms with E-state index in [1.807, 2.05) is 6.07 Å². The second-order valence-electron chi connectivity index (χ2n) is 3.50. The molecule has 0 radical (unpaired) electrons. The van der Waals surface area contributed by atoms with Gasteiger partial charge >= 0.3 is 11.9 Å². The number of hydrogen-bond donors (Lipinski definition) is 1. The fraction of sp³-hybridized carbons (Fsp3) is 0.154. The highest BCUT2D eigenvalue weighted by Gasteiger charge is 2.14. The molecule has 6 nitrogen and oxygen atoms in total. The van der Waals surface area contributed by atoms with Gasteiger partial charge < -0.3 is 14.8 Å². The number of benzene rings is 1. The number of esters is 2. The molecule has 1 rings (SSSR count). The van der Waals surface area contributed by atoms with Gasteiger partial charge in [0.05, 0.1) is 31.5 Å². The van der Waals surface area contributed by atoms with Crippen molar-refractivity contribution < 1.29 is 19.1 Å². The number of nitriles is 1. The lowest BCUT2D eigenvalue weighted by molar-refractivity contribution is -0.138. The Morgan fingerprint density at radius 2 is 2.05 bits per heavy atom.